The van der Waals surface area contributed by atoms with Crippen LogP contribution in [-0.2, 0) is 9.59 Å². The first-order valence-electron chi connectivity index (χ1n) is 6.54. The van der Waals surface area contributed by atoms with E-state index in [2.05, 4.69) is 16.0 Å². The number of hydrogen-bond acceptors (Lipinski definition) is 3. The molecule has 0 aromatic rings. The van der Waals surface area contributed by atoms with Gasteiger partial charge in [-0.25, -0.2) is 0 Å². The molecule has 1 saturated heterocycles. The second-order valence-corrected chi connectivity index (χ2v) is 6.18. The van der Waals surface area contributed by atoms with Crippen LogP contribution in [0.4, 0.5) is 0 Å². The lowest BCUT2D eigenvalue weighted by Crippen LogP contribution is -2.54. The van der Waals surface area contributed by atoms with Crippen LogP contribution >= 0.6 is 12.4 Å². The van der Waals surface area contributed by atoms with Gasteiger partial charge in [-0.3, -0.25) is 9.59 Å². The molecule has 0 saturated carbocycles. The number of hydrogen-bond donors (Lipinski definition) is 3. The van der Waals surface area contributed by atoms with E-state index in [0.29, 0.717) is 5.92 Å². The first-order valence-corrected chi connectivity index (χ1v) is 6.54. The molecule has 0 aromatic carbocycles. The van der Waals surface area contributed by atoms with Gasteiger partial charge in [0.25, 0.3) is 0 Å². The number of nitrogens with one attached hydrogen (secondary N) is 3. The van der Waals surface area contributed by atoms with E-state index in [-0.39, 0.29) is 35.7 Å². The van der Waals surface area contributed by atoms with Crippen molar-refractivity contribution in [3.8, 4) is 0 Å². The van der Waals surface area contributed by atoms with Crippen LogP contribution in [0.15, 0.2) is 0 Å². The third-order valence-corrected chi connectivity index (χ3v) is 3.18. The van der Waals surface area contributed by atoms with E-state index in [0.717, 1.165) is 13.1 Å². The largest absolute Gasteiger partial charge is 0.350 e. The van der Waals surface area contributed by atoms with E-state index in [1.54, 1.807) is 6.92 Å². The molecule has 112 valence electrons. The van der Waals surface area contributed by atoms with Crippen LogP contribution in [0.5, 0.6) is 0 Å². The van der Waals surface area contributed by atoms with Gasteiger partial charge in [0, 0.05) is 11.5 Å². The fourth-order valence-corrected chi connectivity index (χ4v) is 1.77. The van der Waals surface area contributed by atoms with Crippen molar-refractivity contribution >= 4 is 24.2 Å². The molecular weight excluding hydrogens is 266 g/mol. The molecule has 0 spiro atoms. The van der Waals surface area contributed by atoms with Crippen molar-refractivity contribution in [2.45, 2.75) is 46.2 Å². The highest BCUT2D eigenvalue weighted by molar-refractivity contribution is 5.88. The van der Waals surface area contributed by atoms with Gasteiger partial charge in [0.05, 0.1) is 0 Å². The summed E-state index contributed by atoms with van der Waals surface area (Å²) in [5, 5.41) is 8.77. The Hall–Kier alpha value is -0.810. The normalized spacial score (nSPS) is 18.6. The molecule has 0 bridgehead atoms. The van der Waals surface area contributed by atoms with E-state index in [9.17, 15) is 9.59 Å². The molecule has 1 heterocycles. The van der Waals surface area contributed by atoms with E-state index in [1.807, 2.05) is 27.7 Å². The van der Waals surface area contributed by atoms with Crippen molar-refractivity contribution < 1.29 is 9.59 Å². The Morgan fingerprint density at radius 1 is 1.16 bits per heavy atom. The predicted molar refractivity (Wildman–Crippen MR) is 78.3 cm³/mol. The number of rotatable bonds is 4. The Balaban J connectivity index is 0.00000324. The maximum atomic E-state index is 11.9. The summed E-state index contributed by atoms with van der Waals surface area (Å²) in [5.74, 6) is 0.159. The summed E-state index contributed by atoms with van der Waals surface area (Å²) in [4.78, 5) is 23.8. The van der Waals surface area contributed by atoms with Gasteiger partial charge < -0.3 is 16.0 Å². The van der Waals surface area contributed by atoms with E-state index < -0.39 is 6.04 Å². The summed E-state index contributed by atoms with van der Waals surface area (Å²) in [7, 11) is 0. The molecule has 1 aliphatic rings. The lowest BCUT2D eigenvalue weighted by Gasteiger charge is -2.32. The molecule has 1 rings (SSSR count). The van der Waals surface area contributed by atoms with Gasteiger partial charge in [-0.2, -0.15) is 0 Å². The quantitative estimate of drug-likeness (QED) is 0.713. The number of halogens is 1. The second kappa shape index (κ2) is 7.10. The average molecular weight is 292 g/mol. The smallest absolute Gasteiger partial charge is 0.242 e. The SMILES string of the molecule is CC(NC(=O)C(C)C1CNC1)C(=O)NC(C)(C)C.Cl. The molecule has 5 nitrogen and oxygen atoms in total. The van der Waals surface area contributed by atoms with Crippen molar-refractivity contribution in [1.82, 2.24) is 16.0 Å². The number of amides is 2. The molecule has 2 unspecified atom stereocenters. The molecule has 1 fully saturated rings. The van der Waals surface area contributed by atoms with Crippen LogP contribution < -0.4 is 16.0 Å². The molecule has 0 aliphatic carbocycles. The zero-order valence-electron chi connectivity index (χ0n) is 12.4. The third-order valence-electron chi connectivity index (χ3n) is 3.18. The fourth-order valence-electron chi connectivity index (χ4n) is 1.77. The maximum absolute atomic E-state index is 11.9. The summed E-state index contributed by atoms with van der Waals surface area (Å²) in [6, 6.07) is -0.493. The minimum absolute atomic E-state index is 0. The molecule has 3 N–H and O–H groups in total. The molecule has 2 amide bonds. The number of carbonyl (C=O) groups is 2. The van der Waals surface area contributed by atoms with E-state index >= 15 is 0 Å². The van der Waals surface area contributed by atoms with Gasteiger partial charge in [0.1, 0.15) is 6.04 Å². The van der Waals surface area contributed by atoms with Crippen molar-refractivity contribution in [1.29, 1.82) is 0 Å². The lowest BCUT2D eigenvalue weighted by molar-refractivity contribution is -0.132. The first kappa shape index (κ1) is 18.2. The topological polar surface area (TPSA) is 70.2 Å². The minimum atomic E-state index is -0.493. The van der Waals surface area contributed by atoms with Crippen LogP contribution in [-0.4, -0.2) is 36.5 Å². The molecule has 0 aromatic heterocycles. The van der Waals surface area contributed by atoms with Crippen molar-refractivity contribution in [3.05, 3.63) is 0 Å². The van der Waals surface area contributed by atoms with Gasteiger partial charge in [-0.15, -0.1) is 12.4 Å². The fraction of sp³-hybridized carbons (Fsp3) is 0.846. The monoisotopic (exact) mass is 291 g/mol. The van der Waals surface area contributed by atoms with Crippen molar-refractivity contribution in [3.63, 3.8) is 0 Å². The minimum Gasteiger partial charge on any atom is -0.350 e. The molecule has 6 heteroatoms. The van der Waals surface area contributed by atoms with Gasteiger partial charge in [0.2, 0.25) is 11.8 Å². The molecule has 1 aliphatic heterocycles. The third kappa shape index (κ3) is 5.78. The standard InChI is InChI=1S/C13H25N3O2.ClH/c1-8(10-6-14-7-10)11(17)15-9(2)12(18)16-13(3,4)5;/h8-10,14H,6-7H2,1-5H3,(H,15,17)(H,16,18);1H. The Labute approximate surface area is 121 Å². The highest BCUT2D eigenvalue weighted by Crippen LogP contribution is 2.15. The lowest BCUT2D eigenvalue weighted by atomic mass is 9.88. The van der Waals surface area contributed by atoms with Crippen LogP contribution in [0.1, 0.15) is 34.6 Å². The second-order valence-electron chi connectivity index (χ2n) is 6.18. The highest BCUT2D eigenvalue weighted by Gasteiger charge is 2.30. The Bertz CT molecular complexity index is 324. The van der Waals surface area contributed by atoms with Gasteiger partial charge >= 0.3 is 0 Å². The molecule has 19 heavy (non-hydrogen) atoms. The van der Waals surface area contributed by atoms with Crippen molar-refractivity contribution in [2.75, 3.05) is 13.1 Å². The predicted octanol–water partition coefficient (Wildman–Crippen LogP) is 0.683. The van der Waals surface area contributed by atoms with E-state index in [1.165, 1.54) is 0 Å². The molecular formula is C13H26ClN3O2. The van der Waals surface area contributed by atoms with Crippen LogP contribution in [0.3, 0.4) is 0 Å². The van der Waals surface area contributed by atoms with Crippen molar-refractivity contribution in [2.24, 2.45) is 11.8 Å². The molecule has 0 radical (unpaired) electrons. The first-order chi connectivity index (χ1) is 8.20. The summed E-state index contributed by atoms with van der Waals surface area (Å²) in [6.07, 6.45) is 0. The Morgan fingerprint density at radius 3 is 2.05 bits per heavy atom. The van der Waals surface area contributed by atoms with Crippen LogP contribution in [0, 0.1) is 11.8 Å². The van der Waals surface area contributed by atoms with Gasteiger partial charge in [0.15, 0.2) is 0 Å². The summed E-state index contributed by atoms with van der Waals surface area (Å²) in [5.41, 5.74) is -0.278. The van der Waals surface area contributed by atoms with Gasteiger partial charge in [-0.1, -0.05) is 6.92 Å². The van der Waals surface area contributed by atoms with Crippen LogP contribution in [0.2, 0.25) is 0 Å². The Morgan fingerprint density at radius 2 is 1.68 bits per heavy atom. The summed E-state index contributed by atoms with van der Waals surface area (Å²) in [6.45, 7) is 11.2. The van der Waals surface area contributed by atoms with Gasteiger partial charge in [-0.05, 0) is 46.7 Å². The Kier molecular flexibility index (Phi) is 6.80. The zero-order chi connectivity index (χ0) is 13.9. The average Bonchev–Trinajstić information content (AvgIpc) is 2.11. The highest BCUT2D eigenvalue weighted by atomic mass is 35.5. The summed E-state index contributed by atoms with van der Waals surface area (Å²) < 4.78 is 0. The van der Waals surface area contributed by atoms with Crippen LogP contribution in [0.25, 0.3) is 0 Å². The molecule has 2 atom stereocenters. The number of carbonyl (C=O) groups excluding carboxylic acids is 2. The van der Waals surface area contributed by atoms with E-state index in [4.69, 9.17) is 0 Å². The summed E-state index contributed by atoms with van der Waals surface area (Å²) >= 11 is 0. The zero-order valence-corrected chi connectivity index (χ0v) is 13.2. The maximum Gasteiger partial charge on any atom is 0.242 e.